The van der Waals surface area contributed by atoms with Gasteiger partial charge in [0.05, 0.1) is 6.54 Å². The molecule has 0 aliphatic carbocycles. The summed E-state index contributed by atoms with van der Waals surface area (Å²) in [6.07, 6.45) is 2.27. The van der Waals surface area contributed by atoms with E-state index in [4.69, 9.17) is 0 Å². The van der Waals surface area contributed by atoms with Crippen molar-refractivity contribution in [3.05, 3.63) is 11.6 Å². The zero-order chi connectivity index (χ0) is 13.5. The van der Waals surface area contributed by atoms with E-state index >= 15 is 0 Å². The predicted molar refractivity (Wildman–Crippen MR) is 75.6 cm³/mol. The maximum Gasteiger partial charge on any atom is 0.234 e. The Morgan fingerprint density at radius 1 is 1.17 bits per heavy atom. The molecule has 18 heavy (non-hydrogen) atoms. The van der Waals surface area contributed by atoms with Gasteiger partial charge in [-0.15, -0.1) is 0 Å². The van der Waals surface area contributed by atoms with E-state index in [9.17, 15) is 4.79 Å². The van der Waals surface area contributed by atoms with Crippen LogP contribution in [0.3, 0.4) is 0 Å². The van der Waals surface area contributed by atoms with E-state index in [0.29, 0.717) is 6.54 Å². The third-order valence-electron chi connectivity index (χ3n) is 3.04. The average Bonchev–Trinajstić information content (AvgIpc) is 2.26. The van der Waals surface area contributed by atoms with Gasteiger partial charge in [-0.25, -0.2) is 0 Å². The van der Waals surface area contributed by atoms with Crippen LogP contribution in [0.1, 0.15) is 27.7 Å². The number of nitrogens with zero attached hydrogens (tertiary/aromatic N) is 2. The van der Waals surface area contributed by atoms with Crippen molar-refractivity contribution in [3.8, 4) is 0 Å². The van der Waals surface area contributed by atoms with E-state index in [1.165, 1.54) is 5.57 Å². The SMILES string of the molecule is CC(C)=CCN1CCN(CC(=O)NC(C)C)CC1. The highest BCUT2D eigenvalue weighted by molar-refractivity contribution is 5.78. The first-order valence-corrected chi connectivity index (χ1v) is 6.85. The molecule has 0 radical (unpaired) electrons. The van der Waals surface area contributed by atoms with Crippen LogP contribution in [0.15, 0.2) is 11.6 Å². The van der Waals surface area contributed by atoms with Gasteiger partial charge < -0.3 is 5.32 Å². The maximum absolute atomic E-state index is 11.6. The summed E-state index contributed by atoms with van der Waals surface area (Å²) in [5.41, 5.74) is 1.37. The summed E-state index contributed by atoms with van der Waals surface area (Å²) in [5.74, 6) is 0.141. The first-order chi connectivity index (χ1) is 8.47. The molecular weight excluding hydrogens is 226 g/mol. The largest absolute Gasteiger partial charge is 0.353 e. The molecule has 1 amide bonds. The van der Waals surface area contributed by atoms with Gasteiger partial charge in [0, 0.05) is 38.8 Å². The lowest BCUT2D eigenvalue weighted by Crippen LogP contribution is -2.50. The Morgan fingerprint density at radius 3 is 2.22 bits per heavy atom. The lowest BCUT2D eigenvalue weighted by atomic mass is 10.2. The topological polar surface area (TPSA) is 35.6 Å². The number of amides is 1. The summed E-state index contributed by atoms with van der Waals surface area (Å²) in [4.78, 5) is 16.3. The molecule has 0 aromatic carbocycles. The molecular formula is C14H27N3O. The molecule has 0 bridgehead atoms. The van der Waals surface area contributed by atoms with Gasteiger partial charge in [-0.2, -0.15) is 0 Å². The van der Waals surface area contributed by atoms with Gasteiger partial charge in [0.25, 0.3) is 0 Å². The molecule has 1 aliphatic heterocycles. The normalized spacial score (nSPS) is 17.8. The summed E-state index contributed by atoms with van der Waals surface area (Å²) in [5, 5.41) is 2.94. The fraction of sp³-hybridized carbons (Fsp3) is 0.786. The fourth-order valence-corrected chi connectivity index (χ4v) is 2.01. The molecule has 1 rings (SSSR count). The highest BCUT2D eigenvalue weighted by atomic mass is 16.2. The maximum atomic E-state index is 11.6. The van der Waals surface area contributed by atoms with Gasteiger partial charge in [-0.1, -0.05) is 11.6 Å². The molecule has 0 saturated carbocycles. The highest BCUT2D eigenvalue weighted by Gasteiger charge is 2.18. The van der Waals surface area contributed by atoms with Crippen molar-refractivity contribution in [2.24, 2.45) is 0 Å². The first-order valence-electron chi connectivity index (χ1n) is 6.85. The third kappa shape index (κ3) is 6.17. The van der Waals surface area contributed by atoms with Crippen LogP contribution in [-0.4, -0.2) is 61.0 Å². The minimum absolute atomic E-state index is 0.141. The molecule has 0 unspecified atom stereocenters. The Bertz CT molecular complexity index is 287. The first kappa shape index (κ1) is 15.2. The van der Waals surface area contributed by atoms with Gasteiger partial charge in [-0.05, 0) is 27.7 Å². The van der Waals surface area contributed by atoms with Crippen molar-refractivity contribution in [1.82, 2.24) is 15.1 Å². The smallest absolute Gasteiger partial charge is 0.234 e. The van der Waals surface area contributed by atoms with Crippen LogP contribution in [0, 0.1) is 0 Å². The summed E-state index contributed by atoms with van der Waals surface area (Å²) in [6.45, 7) is 13.9. The van der Waals surface area contributed by atoms with Crippen molar-refractivity contribution in [3.63, 3.8) is 0 Å². The van der Waals surface area contributed by atoms with Gasteiger partial charge in [0.2, 0.25) is 5.91 Å². The molecule has 4 heteroatoms. The number of carbonyl (C=O) groups excluding carboxylic acids is 1. The lowest BCUT2D eigenvalue weighted by Gasteiger charge is -2.33. The van der Waals surface area contributed by atoms with E-state index in [2.05, 4.69) is 35.0 Å². The number of allylic oxidation sites excluding steroid dienone is 1. The van der Waals surface area contributed by atoms with E-state index in [1.807, 2.05) is 13.8 Å². The van der Waals surface area contributed by atoms with Crippen LogP contribution in [0.2, 0.25) is 0 Å². The van der Waals surface area contributed by atoms with Gasteiger partial charge in [0.1, 0.15) is 0 Å². The van der Waals surface area contributed by atoms with Crippen LogP contribution >= 0.6 is 0 Å². The average molecular weight is 253 g/mol. The number of nitrogens with one attached hydrogen (secondary N) is 1. The molecule has 1 aliphatic rings. The Balaban J connectivity index is 2.23. The Kier molecular flexibility index (Phi) is 6.36. The van der Waals surface area contributed by atoms with Crippen LogP contribution in [0.25, 0.3) is 0 Å². The molecule has 1 saturated heterocycles. The summed E-state index contributed by atoms with van der Waals surface area (Å²) in [7, 11) is 0. The quantitative estimate of drug-likeness (QED) is 0.745. The van der Waals surface area contributed by atoms with Crippen LogP contribution in [0.5, 0.6) is 0 Å². The second-order valence-corrected chi connectivity index (χ2v) is 5.58. The minimum Gasteiger partial charge on any atom is -0.353 e. The number of hydrogen-bond donors (Lipinski definition) is 1. The summed E-state index contributed by atoms with van der Waals surface area (Å²) in [6, 6.07) is 0.233. The van der Waals surface area contributed by atoms with E-state index in [0.717, 1.165) is 32.7 Å². The van der Waals surface area contributed by atoms with Gasteiger partial charge >= 0.3 is 0 Å². The van der Waals surface area contributed by atoms with E-state index in [-0.39, 0.29) is 11.9 Å². The fourth-order valence-electron chi connectivity index (χ4n) is 2.01. The summed E-state index contributed by atoms with van der Waals surface area (Å²) < 4.78 is 0. The van der Waals surface area contributed by atoms with Crippen molar-refractivity contribution in [1.29, 1.82) is 0 Å². The molecule has 1 fully saturated rings. The lowest BCUT2D eigenvalue weighted by molar-refractivity contribution is -0.123. The van der Waals surface area contributed by atoms with Crippen molar-refractivity contribution >= 4 is 5.91 Å². The van der Waals surface area contributed by atoms with Crippen LogP contribution < -0.4 is 5.32 Å². The Labute approximate surface area is 111 Å². The molecule has 0 spiro atoms. The molecule has 104 valence electrons. The van der Waals surface area contributed by atoms with Gasteiger partial charge in [0.15, 0.2) is 0 Å². The second-order valence-electron chi connectivity index (χ2n) is 5.58. The van der Waals surface area contributed by atoms with Crippen LogP contribution in [0.4, 0.5) is 0 Å². The van der Waals surface area contributed by atoms with E-state index < -0.39 is 0 Å². The molecule has 1 heterocycles. The molecule has 0 atom stereocenters. The standard InChI is InChI=1S/C14H27N3O/c1-12(2)5-6-16-7-9-17(10-8-16)11-14(18)15-13(3)4/h5,13H,6-11H2,1-4H3,(H,15,18). The van der Waals surface area contributed by atoms with Gasteiger partial charge in [-0.3, -0.25) is 14.6 Å². The van der Waals surface area contributed by atoms with Crippen molar-refractivity contribution in [2.45, 2.75) is 33.7 Å². The highest BCUT2D eigenvalue weighted by Crippen LogP contribution is 2.02. The zero-order valence-electron chi connectivity index (χ0n) is 12.2. The third-order valence-corrected chi connectivity index (χ3v) is 3.04. The molecule has 1 N–H and O–H groups in total. The number of rotatable bonds is 5. The number of hydrogen-bond acceptors (Lipinski definition) is 3. The zero-order valence-corrected chi connectivity index (χ0v) is 12.2. The monoisotopic (exact) mass is 253 g/mol. The number of carbonyl (C=O) groups is 1. The Hall–Kier alpha value is -0.870. The van der Waals surface area contributed by atoms with E-state index in [1.54, 1.807) is 0 Å². The summed E-state index contributed by atoms with van der Waals surface area (Å²) >= 11 is 0. The second kappa shape index (κ2) is 7.54. The molecule has 0 aromatic rings. The Morgan fingerprint density at radius 2 is 1.72 bits per heavy atom. The van der Waals surface area contributed by atoms with Crippen molar-refractivity contribution < 1.29 is 4.79 Å². The minimum atomic E-state index is 0.141. The molecule has 0 aromatic heterocycles. The number of piperazine rings is 1. The molecule has 4 nitrogen and oxygen atoms in total. The van der Waals surface area contributed by atoms with Crippen LogP contribution in [-0.2, 0) is 4.79 Å². The predicted octanol–water partition coefficient (Wildman–Crippen LogP) is 1.09. The van der Waals surface area contributed by atoms with Crippen molar-refractivity contribution in [2.75, 3.05) is 39.3 Å².